The first-order valence-corrected chi connectivity index (χ1v) is 8.73. The lowest BCUT2D eigenvalue weighted by molar-refractivity contribution is -0.214. The number of benzene rings is 1. The van der Waals surface area contributed by atoms with E-state index in [0.717, 1.165) is 10.6 Å². The molecule has 2 saturated heterocycles. The smallest absolute Gasteiger partial charge is 0.330 e. The van der Waals surface area contributed by atoms with E-state index in [0.29, 0.717) is 5.75 Å². The molecule has 1 aromatic heterocycles. The number of H-pyrrole nitrogens is 1. The predicted molar refractivity (Wildman–Crippen MR) is 94.7 cm³/mol. The molecule has 0 unspecified atom stereocenters. The van der Waals surface area contributed by atoms with Crippen LogP contribution in [-0.4, -0.2) is 68.6 Å². The van der Waals surface area contributed by atoms with Crippen LogP contribution in [0.25, 0.3) is 0 Å². The molecule has 28 heavy (non-hydrogen) atoms. The van der Waals surface area contributed by atoms with E-state index in [-0.39, 0.29) is 13.2 Å². The molecule has 4 atom stereocenters. The van der Waals surface area contributed by atoms with Gasteiger partial charge in [-0.25, -0.2) is 4.79 Å². The van der Waals surface area contributed by atoms with Crippen molar-refractivity contribution >= 4 is 5.91 Å². The number of aromatic amines is 1. The van der Waals surface area contributed by atoms with Crippen LogP contribution in [-0.2, 0) is 15.3 Å². The molecule has 148 valence electrons. The Morgan fingerprint density at radius 1 is 1.29 bits per heavy atom. The van der Waals surface area contributed by atoms with Crippen molar-refractivity contribution in [3.63, 3.8) is 0 Å². The van der Waals surface area contributed by atoms with Gasteiger partial charge in [0.05, 0.1) is 13.2 Å². The van der Waals surface area contributed by atoms with Gasteiger partial charge in [0.15, 0.2) is 12.3 Å². The lowest BCUT2D eigenvalue weighted by Gasteiger charge is -2.53. The minimum atomic E-state index is -1.36. The number of ether oxygens (including phenoxy) is 2. The fraction of sp³-hybridized carbons (Fsp3) is 0.389. The quantitative estimate of drug-likeness (QED) is 0.551. The predicted octanol–water partition coefficient (Wildman–Crippen LogP) is -1.77. The third-order valence-corrected chi connectivity index (χ3v) is 5.09. The van der Waals surface area contributed by atoms with E-state index < -0.39 is 47.7 Å². The molecule has 0 bridgehead atoms. The molecular formula is C18H19N3O7. The Labute approximate surface area is 158 Å². The zero-order valence-corrected chi connectivity index (χ0v) is 14.7. The summed E-state index contributed by atoms with van der Waals surface area (Å²) in [7, 11) is 0. The van der Waals surface area contributed by atoms with Crippen molar-refractivity contribution in [3.05, 3.63) is 63.4 Å². The largest absolute Gasteiger partial charge is 0.484 e. The van der Waals surface area contributed by atoms with E-state index in [2.05, 4.69) is 4.98 Å². The van der Waals surface area contributed by atoms with Gasteiger partial charge in [-0.15, -0.1) is 0 Å². The number of likely N-dealkylation sites (tertiary alicyclic amines) is 1. The van der Waals surface area contributed by atoms with Crippen LogP contribution in [0, 0.1) is 0 Å². The monoisotopic (exact) mass is 389 g/mol. The molecule has 3 N–H and O–H groups in total. The van der Waals surface area contributed by atoms with Gasteiger partial charge in [0.2, 0.25) is 0 Å². The maximum absolute atomic E-state index is 12.6. The number of fused-ring (bicyclic) bond motifs is 1. The highest BCUT2D eigenvalue weighted by molar-refractivity contribution is 5.79. The summed E-state index contributed by atoms with van der Waals surface area (Å²) in [6.45, 7) is -0.776. The molecule has 1 amide bonds. The molecule has 2 aromatic rings. The maximum Gasteiger partial charge on any atom is 0.330 e. The summed E-state index contributed by atoms with van der Waals surface area (Å²) < 4.78 is 12.4. The van der Waals surface area contributed by atoms with Gasteiger partial charge in [-0.1, -0.05) is 18.2 Å². The van der Waals surface area contributed by atoms with Crippen molar-refractivity contribution in [2.24, 2.45) is 0 Å². The number of para-hydroxylation sites is 1. The van der Waals surface area contributed by atoms with Crippen LogP contribution < -0.4 is 16.0 Å². The summed E-state index contributed by atoms with van der Waals surface area (Å²) in [5.74, 6) is 0.124. The average Bonchev–Trinajstić information content (AvgIpc) is 2.88. The van der Waals surface area contributed by atoms with Crippen LogP contribution in [0.2, 0.25) is 0 Å². The van der Waals surface area contributed by atoms with Gasteiger partial charge in [-0.05, 0) is 12.1 Å². The van der Waals surface area contributed by atoms with Gasteiger partial charge in [0.1, 0.15) is 24.0 Å². The number of nitrogens with one attached hydrogen (secondary N) is 1. The minimum Gasteiger partial charge on any atom is -0.484 e. The second-order valence-corrected chi connectivity index (χ2v) is 6.72. The normalized spacial score (nSPS) is 28.5. The Hall–Kier alpha value is -2.95. The van der Waals surface area contributed by atoms with Crippen molar-refractivity contribution < 1.29 is 24.5 Å². The van der Waals surface area contributed by atoms with Crippen LogP contribution >= 0.6 is 0 Å². The summed E-state index contributed by atoms with van der Waals surface area (Å²) >= 11 is 0. The van der Waals surface area contributed by atoms with E-state index >= 15 is 0 Å². The van der Waals surface area contributed by atoms with Crippen molar-refractivity contribution in [1.29, 1.82) is 0 Å². The second-order valence-electron chi connectivity index (χ2n) is 6.72. The number of hydrogen-bond donors (Lipinski definition) is 3. The number of rotatable bonds is 5. The Kier molecular flexibility index (Phi) is 4.53. The van der Waals surface area contributed by atoms with E-state index in [1.807, 2.05) is 6.07 Å². The number of carbonyl (C=O) groups is 1. The van der Waals surface area contributed by atoms with Crippen molar-refractivity contribution in [2.45, 2.75) is 24.0 Å². The van der Waals surface area contributed by atoms with Crippen LogP contribution in [0.4, 0.5) is 0 Å². The first-order chi connectivity index (χ1) is 13.5. The van der Waals surface area contributed by atoms with Gasteiger partial charge < -0.3 is 24.6 Å². The topological polar surface area (TPSA) is 134 Å². The summed E-state index contributed by atoms with van der Waals surface area (Å²) in [4.78, 5) is 39.7. The number of carbonyl (C=O) groups excluding carboxylic acids is 1. The molecule has 4 rings (SSSR count). The fourth-order valence-corrected chi connectivity index (χ4v) is 3.78. The zero-order valence-electron chi connectivity index (χ0n) is 14.7. The summed E-state index contributed by atoms with van der Waals surface area (Å²) in [6, 6.07) is 9.04. The van der Waals surface area contributed by atoms with E-state index in [4.69, 9.17) is 9.47 Å². The SMILES string of the molecule is O=C(COc1ccccc1)N1C[C@@]2(n3ccc(=O)[nH]c3=O)O[C@H](CO)[C@@H](O)[C@@H]12. The first kappa shape index (κ1) is 18.4. The highest BCUT2D eigenvalue weighted by Crippen LogP contribution is 2.46. The van der Waals surface area contributed by atoms with Crippen molar-refractivity contribution in [2.75, 3.05) is 19.8 Å². The van der Waals surface area contributed by atoms with E-state index in [1.165, 1.54) is 11.1 Å². The number of nitrogens with zero attached hydrogens (tertiary/aromatic N) is 2. The number of hydrogen-bond acceptors (Lipinski definition) is 7. The number of aliphatic hydroxyl groups excluding tert-OH is 2. The molecule has 0 radical (unpaired) electrons. The van der Waals surface area contributed by atoms with Gasteiger partial charge in [0.25, 0.3) is 11.5 Å². The number of aliphatic hydroxyl groups is 2. The molecule has 2 aliphatic heterocycles. The average molecular weight is 389 g/mol. The maximum atomic E-state index is 12.6. The second kappa shape index (κ2) is 6.89. The molecule has 0 spiro atoms. The summed E-state index contributed by atoms with van der Waals surface area (Å²) in [5, 5.41) is 20.0. The van der Waals surface area contributed by atoms with Crippen molar-refractivity contribution in [1.82, 2.24) is 14.5 Å². The molecule has 2 aliphatic rings. The van der Waals surface area contributed by atoms with E-state index in [1.54, 1.807) is 24.3 Å². The molecule has 0 aliphatic carbocycles. The first-order valence-electron chi connectivity index (χ1n) is 8.73. The molecule has 10 nitrogen and oxygen atoms in total. The Morgan fingerprint density at radius 3 is 2.71 bits per heavy atom. The summed E-state index contributed by atoms with van der Waals surface area (Å²) in [6.07, 6.45) is -0.932. The zero-order chi connectivity index (χ0) is 19.9. The minimum absolute atomic E-state index is 0.0336. The van der Waals surface area contributed by atoms with Crippen LogP contribution in [0.1, 0.15) is 0 Å². The van der Waals surface area contributed by atoms with Gasteiger partial charge in [-0.2, -0.15) is 0 Å². The highest BCUT2D eigenvalue weighted by Gasteiger charge is 2.67. The molecule has 0 saturated carbocycles. The van der Waals surface area contributed by atoms with Crippen LogP contribution in [0.3, 0.4) is 0 Å². The Bertz CT molecular complexity index is 988. The lowest BCUT2D eigenvalue weighted by atomic mass is 9.88. The number of amides is 1. The third kappa shape index (κ3) is 2.82. The Morgan fingerprint density at radius 2 is 2.04 bits per heavy atom. The highest BCUT2D eigenvalue weighted by atomic mass is 16.6. The van der Waals surface area contributed by atoms with Crippen LogP contribution in [0.5, 0.6) is 5.75 Å². The molecule has 1 aromatic carbocycles. The molecule has 2 fully saturated rings. The third-order valence-electron chi connectivity index (χ3n) is 5.09. The Balaban J connectivity index is 1.58. The van der Waals surface area contributed by atoms with Gasteiger partial charge in [-0.3, -0.25) is 19.1 Å². The molecule has 3 heterocycles. The number of aromatic nitrogens is 2. The van der Waals surface area contributed by atoms with E-state index in [9.17, 15) is 24.6 Å². The van der Waals surface area contributed by atoms with Gasteiger partial charge in [0, 0.05) is 12.3 Å². The fourth-order valence-electron chi connectivity index (χ4n) is 3.78. The van der Waals surface area contributed by atoms with Gasteiger partial charge >= 0.3 is 5.69 Å². The standard InChI is InChI=1S/C18H19N3O7/c22-8-12-15(25)16-18(28-12,21-7-6-13(23)19-17(21)26)10-20(16)14(24)9-27-11-4-2-1-3-5-11/h1-7,12,15-16,22,25H,8-10H2,(H,19,23,26)/t12-,15-,16-,18-/m1/s1. The molecule has 10 heteroatoms. The molecular weight excluding hydrogens is 370 g/mol. The van der Waals surface area contributed by atoms with Crippen molar-refractivity contribution in [3.8, 4) is 5.75 Å². The lowest BCUT2D eigenvalue weighted by Crippen LogP contribution is -2.74. The van der Waals surface area contributed by atoms with Crippen LogP contribution in [0.15, 0.2) is 52.2 Å². The summed E-state index contributed by atoms with van der Waals surface area (Å²) in [5.41, 5.74) is -2.66.